The Morgan fingerprint density at radius 1 is 1.35 bits per heavy atom. The summed E-state index contributed by atoms with van der Waals surface area (Å²) in [6.45, 7) is 7.85. The fourth-order valence-corrected chi connectivity index (χ4v) is 4.68. The molecule has 2 unspecified atom stereocenters. The number of aryl methyl sites for hydroxylation is 2. The summed E-state index contributed by atoms with van der Waals surface area (Å²) >= 11 is 0. The third-order valence-electron chi connectivity index (χ3n) is 4.01. The van der Waals surface area contributed by atoms with E-state index in [-0.39, 0.29) is 6.10 Å². The molecule has 0 amide bonds. The Morgan fingerprint density at radius 3 is 2.35 bits per heavy atom. The molecule has 2 atom stereocenters. The highest BCUT2D eigenvalue weighted by molar-refractivity contribution is 7.89. The molecule has 1 aromatic rings. The van der Waals surface area contributed by atoms with Crippen LogP contribution in [0.1, 0.15) is 31.4 Å². The van der Waals surface area contributed by atoms with Crippen molar-refractivity contribution in [3.63, 3.8) is 0 Å². The molecule has 2 rings (SSSR count). The summed E-state index contributed by atoms with van der Waals surface area (Å²) in [5, 5.41) is 0. The number of ether oxygens (including phenoxy) is 1. The van der Waals surface area contributed by atoms with Crippen LogP contribution in [0.5, 0.6) is 0 Å². The highest BCUT2D eigenvalue weighted by Crippen LogP contribution is 2.29. The van der Waals surface area contributed by atoms with Gasteiger partial charge in [0.25, 0.3) is 0 Å². The normalized spacial score (nSPS) is 26.9. The van der Waals surface area contributed by atoms with Crippen LogP contribution in [0.15, 0.2) is 17.0 Å². The second-order valence-electron chi connectivity index (χ2n) is 5.77. The van der Waals surface area contributed by atoms with Crippen molar-refractivity contribution in [1.82, 2.24) is 4.72 Å². The molecule has 0 bridgehead atoms. The van der Waals surface area contributed by atoms with E-state index in [4.69, 9.17) is 10.5 Å². The minimum Gasteiger partial charge on any atom is -0.399 e. The van der Waals surface area contributed by atoms with Crippen molar-refractivity contribution in [2.75, 3.05) is 12.3 Å². The van der Waals surface area contributed by atoms with Gasteiger partial charge in [-0.05, 0) is 57.4 Å². The Kier molecular flexibility index (Phi) is 3.83. The Hall–Kier alpha value is -1.11. The molecule has 1 aliphatic heterocycles. The topological polar surface area (TPSA) is 81.4 Å². The third kappa shape index (κ3) is 2.68. The highest BCUT2D eigenvalue weighted by atomic mass is 32.2. The fourth-order valence-electron chi connectivity index (χ4n) is 2.73. The van der Waals surface area contributed by atoms with E-state index in [0.717, 1.165) is 0 Å². The highest BCUT2D eigenvalue weighted by Gasteiger charge is 2.41. The first-order valence-corrected chi connectivity index (χ1v) is 8.16. The van der Waals surface area contributed by atoms with E-state index in [1.54, 1.807) is 26.0 Å². The molecule has 5 nitrogen and oxygen atoms in total. The van der Waals surface area contributed by atoms with Gasteiger partial charge in [-0.3, -0.25) is 0 Å². The zero-order valence-corrected chi connectivity index (χ0v) is 13.2. The van der Waals surface area contributed by atoms with Crippen molar-refractivity contribution in [2.24, 2.45) is 0 Å². The molecule has 1 heterocycles. The van der Waals surface area contributed by atoms with Crippen molar-refractivity contribution >= 4 is 15.7 Å². The van der Waals surface area contributed by atoms with Gasteiger partial charge in [0.05, 0.1) is 16.5 Å². The lowest BCUT2D eigenvalue weighted by Gasteiger charge is -2.29. The number of hydrogen-bond donors (Lipinski definition) is 2. The first-order valence-electron chi connectivity index (χ1n) is 6.68. The number of nitrogens with one attached hydrogen (secondary N) is 1. The number of nitrogens with two attached hydrogens (primary N) is 1. The van der Waals surface area contributed by atoms with Crippen LogP contribution in [0.4, 0.5) is 5.69 Å². The molecule has 1 saturated heterocycles. The minimum atomic E-state index is -3.60. The number of sulfonamides is 1. The number of hydrogen-bond acceptors (Lipinski definition) is 4. The molecule has 6 heteroatoms. The lowest BCUT2D eigenvalue weighted by Crippen LogP contribution is -2.50. The van der Waals surface area contributed by atoms with Gasteiger partial charge in [-0.15, -0.1) is 0 Å². The average molecular weight is 298 g/mol. The van der Waals surface area contributed by atoms with Crippen LogP contribution in [0.3, 0.4) is 0 Å². The molecule has 0 saturated carbocycles. The van der Waals surface area contributed by atoms with E-state index in [2.05, 4.69) is 4.72 Å². The summed E-state index contributed by atoms with van der Waals surface area (Å²) in [7, 11) is -3.60. The molecular formula is C14H22N2O3S. The Labute approximate surface area is 120 Å². The standard InChI is InChI=1S/C14H22N2O3S/c1-9-7-12(15)8-10(2)13(9)20(17,18)16-14(4)5-6-19-11(14)3/h7-8,11,16H,5-6,15H2,1-4H3. The van der Waals surface area contributed by atoms with Crippen molar-refractivity contribution in [1.29, 1.82) is 0 Å². The van der Waals surface area contributed by atoms with Gasteiger partial charge in [0.15, 0.2) is 0 Å². The van der Waals surface area contributed by atoms with Gasteiger partial charge >= 0.3 is 0 Å². The van der Waals surface area contributed by atoms with Crippen LogP contribution in [0.2, 0.25) is 0 Å². The molecule has 1 fully saturated rings. The van der Waals surface area contributed by atoms with E-state index in [0.29, 0.717) is 34.7 Å². The van der Waals surface area contributed by atoms with E-state index >= 15 is 0 Å². The summed E-state index contributed by atoms with van der Waals surface area (Å²) in [4.78, 5) is 0.312. The van der Waals surface area contributed by atoms with Crippen molar-refractivity contribution in [3.8, 4) is 0 Å². The predicted molar refractivity (Wildman–Crippen MR) is 79.1 cm³/mol. The maximum atomic E-state index is 12.7. The van der Waals surface area contributed by atoms with Crippen LogP contribution in [0, 0.1) is 13.8 Å². The van der Waals surface area contributed by atoms with Gasteiger partial charge in [0.1, 0.15) is 0 Å². The summed E-state index contributed by atoms with van der Waals surface area (Å²) in [5.74, 6) is 0. The summed E-state index contributed by atoms with van der Waals surface area (Å²) in [5.41, 5.74) is 7.06. The van der Waals surface area contributed by atoms with Crippen molar-refractivity contribution in [2.45, 2.75) is 50.7 Å². The second kappa shape index (κ2) is 5.02. The van der Waals surface area contributed by atoms with E-state index in [1.807, 2.05) is 13.8 Å². The second-order valence-corrected chi connectivity index (χ2v) is 7.39. The van der Waals surface area contributed by atoms with Gasteiger partial charge in [-0.25, -0.2) is 13.1 Å². The number of benzene rings is 1. The lowest BCUT2D eigenvalue weighted by atomic mass is 9.97. The number of rotatable bonds is 3. The maximum absolute atomic E-state index is 12.7. The Balaban J connectivity index is 2.42. The van der Waals surface area contributed by atoms with Crippen LogP contribution in [0.25, 0.3) is 0 Å². The van der Waals surface area contributed by atoms with Gasteiger partial charge in [0.2, 0.25) is 10.0 Å². The molecule has 1 aromatic carbocycles. The van der Waals surface area contributed by atoms with Crippen LogP contribution in [-0.2, 0) is 14.8 Å². The van der Waals surface area contributed by atoms with Gasteiger partial charge in [-0.2, -0.15) is 0 Å². The van der Waals surface area contributed by atoms with Crippen molar-refractivity contribution < 1.29 is 13.2 Å². The molecule has 3 N–H and O–H groups in total. The first kappa shape index (κ1) is 15.3. The summed E-state index contributed by atoms with van der Waals surface area (Å²) in [6.07, 6.45) is 0.521. The average Bonchev–Trinajstić information content (AvgIpc) is 2.55. The zero-order chi connectivity index (χ0) is 15.1. The molecular weight excluding hydrogens is 276 g/mol. The molecule has 112 valence electrons. The molecule has 0 aliphatic carbocycles. The smallest absolute Gasteiger partial charge is 0.241 e. The minimum absolute atomic E-state index is 0.147. The molecule has 1 aliphatic rings. The summed E-state index contributed by atoms with van der Waals surface area (Å²) in [6, 6.07) is 3.36. The third-order valence-corrected chi connectivity index (χ3v) is 5.92. The first-order chi connectivity index (χ1) is 9.16. The van der Waals surface area contributed by atoms with Gasteiger partial charge in [-0.1, -0.05) is 0 Å². The molecule has 0 aromatic heterocycles. The van der Waals surface area contributed by atoms with Crippen LogP contribution < -0.4 is 10.5 Å². The largest absolute Gasteiger partial charge is 0.399 e. The lowest BCUT2D eigenvalue weighted by molar-refractivity contribution is 0.0957. The molecule has 20 heavy (non-hydrogen) atoms. The van der Waals surface area contributed by atoms with E-state index in [1.165, 1.54) is 0 Å². The Morgan fingerprint density at radius 2 is 1.90 bits per heavy atom. The monoisotopic (exact) mass is 298 g/mol. The number of nitrogen functional groups attached to an aromatic ring is 1. The van der Waals surface area contributed by atoms with Crippen LogP contribution in [-0.4, -0.2) is 26.7 Å². The van der Waals surface area contributed by atoms with E-state index < -0.39 is 15.6 Å². The molecule has 0 radical (unpaired) electrons. The fraction of sp³-hybridized carbons (Fsp3) is 0.571. The Bertz CT molecular complexity index is 604. The maximum Gasteiger partial charge on any atom is 0.241 e. The van der Waals surface area contributed by atoms with Gasteiger partial charge < -0.3 is 10.5 Å². The van der Waals surface area contributed by atoms with E-state index in [9.17, 15) is 8.42 Å². The quantitative estimate of drug-likeness (QED) is 0.833. The van der Waals surface area contributed by atoms with Gasteiger partial charge in [0, 0.05) is 12.3 Å². The van der Waals surface area contributed by atoms with Crippen LogP contribution >= 0.6 is 0 Å². The summed E-state index contributed by atoms with van der Waals surface area (Å²) < 4.78 is 33.7. The molecule has 0 spiro atoms. The predicted octanol–water partition coefficient (Wildman–Crippen LogP) is 1.73. The van der Waals surface area contributed by atoms with Crippen molar-refractivity contribution in [3.05, 3.63) is 23.3 Å². The number of anilines is 1. The zero-order valence-electron chi connectivity index (χ0n) is 12.4. The SMILES string of the molecule is Cc1cc(N)cc(C)c1S(=O)(=O)NC1(C)CCOC1C.